The molecule has 0 spiro atoms. The number of benzene rings is 3. The fourth-order valence-electron chi connectivity index (χ4n) is 2.74. The van der Waals surface area contributed by atoms with Crippen molar-refractivity contribution in [3.8, 4) is 11.5 Å². The summed E-state index contributed by atoms with van der Waals surface area (Å²) in [6.45, 7) is 3.19. The van der Waals surface area contributed by atoms with Gasteiger partial charge < -0.3 is 14.9 Å². The van der Waals surface area contributed by atoms with Crippen molar-refractivity contribution in [2.75, 3.05) is 6.61 Å². The Morgan fingerprint density at radius 1 is 0.900 bits per heavy atom. The minimum Gasteiger partial charge on any atom is -0.490 e. The molecule has 0 heterocycles. The van der Waals surface area contributed by atoms with Crippen LogP contribution < -0.4 is 14.9 Å². The van der Waals surface area contributed by atoms with Gasteiger partial charge in [0.25, 0.3) is 0 Å². The first-order valence-corrected chi connectivity index (χ1v) is 10.5. The third kappa shape index (κ3) is 6.05. The fourth-order valence-corrected chi connectivity index (χ4v) is 3.55. The van der Waals surface area contributed by atoms with E-state index in [1.165, 1.54) is 0 Å². The van der Waals surface area contributed by atoms with Crippen molar-refractivity contribution in [3.05, 3.63) is 92.4 Å². The zero-order chi connectivity index (χ0) is 21.3. The lowest BCUT2D eigenvalue weighted by Crippen LogP contribution is -2.07. The SMILES string of the molecule is CCOc1cc(/C=N/NCc2c(Cl)cccc2Cl)cc(Cl)c1OCc1ccccc1. The Hall–Kier alpha value is -2.40. The quantitative estimate of drug-likeness (QED) is 0.282. The lowest BCUT2D eigenvalue weighted by atomic mass is 10.2. The molecule has 3 aromatic rings. The Kier molecular flexibility index (Phi) is 8.26. The second-order valence-electron chi connectivity index (χ2n) is 6.33. The molecule has 3 rings (SSSR count). The van der Waals surface area contributed by atoms with Crippen LogP contribution in [0.25, 0.3) is 0 Å². The summed E-state index contributed by atoms with van der Waals surface area (Å²) < 4.78 is 11.7. The van der Waals surface area contributed by atoms with Crippen LogP contribution in [0.4, 0.5) is 0 Å². The van der Waals surface area contributed by atoms with Crippen molar-refractivity contribution in [2.45, 2.75) is 20.1 Å². The van der Waals surface area contributed by atoms with Crippen LogP contribution in [0, 0.1) is 0 Å². The molecule has 0 amide bonds. The van der Waals surface area contributed by atoms with Crippen molar-refractivity contribution in [3.63, 3.8) is 0 Å². The maximum absolute atomic E-state index is 6.46. The Balaban J connectivity index is 1.70. The van der Waals surface area contributed by atoms with E-state index in [0.717, 1.165) is 16.7 Å². The number of nitrogens with one attached hydrogen (secondary N) is 1. The topological polar surface area (TPSA) is 42.8 Å². The second kappa shape index (κ2) is 11.1. The van der Waals surface area contributed by atoms with Gasteiger partial charge in [0.1, 0.15) is 6.61 Å². The number of hydrogen-bond acceptors (Lipinski definition) is 4. The molecule has 0 unspecified atom stereocenters. The van der Waals surface area contributed by atoms with Gasteiger partial charge in [0.05, 0.1) is 24.4 Å². The summed E-state index contributed by atoms with van der Waals surface area (Å²) in [7, 11) is 0. The summed E-state index contributed by atoms with van der Waals surface area (Å²) >= 11 is 18.8. The average Bonchev–Trinajstić information content (AvgIpc) is 2.73. The zero-order valence-corrected chi connectivity index (χ0v) is 18.6. The Labute approximate surface area is 191 Å². The summed E-state index contributed by atoms with van der Waals surface area (Å²) in [5.74, 6) is 1.08. The zero-order valence-electron chi connectivity index (χ0n) is 16.4. The molecule has 0 atom stereocenters. The molecule has 0 fully saturated rings. The number of rotatable bonds is 9. The van der Waals surface area contributed by atoms with E-state index in [4.69, 9.17) is 44.3 Å². The molecule has 7 heteroatoms. The Bertz CT molecular complexity index is 991. The highest BCUT2D eigenvalue weighted by atomic mass is 35.5. The third-order valence-corrected chi connectivity index (χ3v) is 5.17. The van der Waals surface area contributed by atoms with Crippen LogP contribution in [-0.2, 0) is 13.2 Å². The summed E-state index contributed by atoms with van der Waals surface area (Å²) in [4.78, 5) is 0. The third-order valence-electron chi connectivity index (χ3n) is 4.18. The molecule has 0 aliphatic heterocycles. The first-order valence-electron chi connectivity index (χ1n) is 9.40. The van der Waals surface area contributed by atoms with Gasteiger partial charge in [0.2, 0.25) is 0 Å². The molecular weight excluding hydrogens is 443 g/mol. The normalized spacial score (nSPS) is 10.9. The van der Waals surface area contributed by atoms with Crippen molar-refractivity contribution in [2.24, 2.45) is 5.10 Å². The van der Waals surface area contributed by atoms with Gasteiger partial charge in [-0.05, 0) is 42.3 Å². The minimum absolute atomic E-state index is 0.397. The smallest absolute Gasteiger partial charge is 0.180 e. The van der Waals surface area contributed by atoms with Crippen LogP contribution in [-0.4, -0.2) is 12.8 Å². The van der Waals surface area contributed by atoms with E-state index < -0.39 is 0 Å². The van der Waals surface area contributed by atoms with Crippen molar-refractivity contribution in [1.82, 2.24) is 5.43 Å². The van der Waals surface area contributed by atoms with Gasteiger partial charge >= 0.3 is 0 Å². The second-order valence-corrected chi connectivity index (χ2v) is 7.55. The summed E-state index contributed by atoms with van der Waals surface area (Å²) in [5.41, 5.74) is 5.55. The van der Waals surface area contributed by atoms with E-state index in [1.54, 1.807) is 30.5 Å². The highest BCUT2D eigenvalue weighted by Gasteiger charge is 2.12. The van der Waals surface area contributed by atoms with Crippen LogP contribution in [0.3, 0.4) is 0 Å². The van der Waals surface area contributed by atoms with Crippen molar-refractivity contribution in [1.29, 1.82) is 0 Å². The summed E-state index contributed by atoms with van der Waals surface area (Å²) in [5, 5.41) is 5.87. The van der Waals surface area contributed by atoms with Gasteiger partial charge in [-0.25, -0.2) is 0 Å². The lowest BCUT2D eigenvalue weighted by molar-refractivity contribution is 0.269. The van der Waals surface area contributed by atoms with E-state index in [9.17, 15) is 0 Å². The number of hydrazone groups is 1. The highest BCUT2D eigenvalue weighted by Crippen LogP contribution is 2.37. The largest absolute Gasteiger partial charge is 0.490 e. The van der Waals surface area contributed by atoms with Crippen LogP contribution in [0.1, 0.15) is 23.6 Å². The molecule has 0 saturated heterocycles. The predicted molar refractivity (Wildman–Crippen MR) is 124 cm³/mol. The lowest BCUT2D eigenvalue weighted by Gasteiger charge is -2.14. The standard InChI is InChI=1S/C23H21Cl3N2O2/c1-2-29-22-12-17(13-27-28-14-18-19(24)9-6-10-20(18)25)11-21(26)23(22)30-15-16-7-4-3-5-8-16/h3-13,28H,2,14-15H2,1H3/b27-13+. The highest BCUT2D eigenvalue weighted by molar-refractivity contribution is 6.36. The van der Waals surface area contributed by atoms with E-state index in [1.807, 2.05) is 43.3 Å². The minimum atomic E-state index is 0.397. The maximum Gasteiger partial charge on any atom is 0.180 e. The number of hydrogen-bond donors (Lipinski definition) is 1. The molecule has 0 radical (unpaired) electrons. The van der Waals surface area contributed by atoms with Crippen LogP contribution >= 0.6 is 34.8 Å². The van der Waals surface area contributed by atoms with Gasteiger partial charge in [-0.15, -0.1) is 0 Å². The molecule has 3 aromatic carbocycles. The monoisotopic (exact) mass is 462 g/mol. The maximum atomic E-state index is 6.46. The summed E-state index contributed by atoms with van der Waals surface area (Å²) in [6, 6.07) is 18.9. The van der Waals surface area contributed by atoms with E-state index in [2.05, 4.69) is 10.5 Å². The van der Waals surface area contributed by atoms with Gasteiger partial charge in [-0.1, -0.05) is 71.2 Å². The predicted octanol–water partition coefficient (Wildman–Crippen LogP) is 6.75. The average molecular weight is 464 g/mol. The van der Waals surface area contributed by atoms with Crippen LogP contribution in [0.2, 0.25) is 15.1 Å². The molecule has 0 bridgehead atoms. The first-order chi connectivity index (χ1) is 14.6. The van der Waals surface area contributed by atoms with Crippen molar-refractivity contribution < 1.29 is 9.47 Å². The van der Waals surface area contributed by atoms with Gasteiger partial charge in [-0.2, -0.15) is 5.10 Å². The van der Waals surface area contributed by atoms with E-state index >= 15 is 0 Å². The number of nitrogens with zero attached hydrogens (tertiary/aromatic N) is 1. The molecule has 0 aliphatic rings. The molecule has 0 aliphatic carbocycles. The fraction of sp³-hybridized carbons (Fsp3) is 0.174. The molecule has 4 nitrogen and oxygen atoms in total. The molecular formula is C23H21Cl3N2O2. The molecule has 1 N–H and O–H groups in total. The van der Waals surface area contributed by atoms with E-state index in [-0.39, 0.29) is 0 Å². The Morgan fingerprint density at radius 3 is 2.33 bits per heavy atom. The molecule has 0 saturated carbocycles. The van der Waals surface area contributed by atoms with Gasteiger partial charge in [0, 0.05) is 15.6 Å². The van der Waals surface area contributed by atoms with Gasteiger partial charge in [0.15, 0.2) is 11.5 Å². The number of ether oxygens (including phenoxy) is 2. The van der Waals surface area contributed by atoms with Crippen LogP contribution in [0.15, 0.2) is 65.8 Å². The van der Waals surface area contributed by atoms with Crippen molar-refractivity contribution >= 4 is 41.0 Å². The molecule has 156 valence electrons. The summed E-state index contributed by atoms with van der Waals surface area (Å²) in [6.07, 6.45) is 1.65. The first kappa shape index (κ1) is 22.3. The Morgan fingerprint density at radius 2 is 1.63 bits per heavy atom. The van der Waals surface area contributed by atoms with Crippen LogP contribution in [0.5, 0.6) is 11.5 Å². The van der Waals surface area contributed by atoms with Gasteiger partial charge in [-0.3, -0.25) is 0 Å². The van der Waals surface area contributed by atoms with E-state index in [0.29, 0.717) is 46.3 Å². The number of halogens is 3. The molecule has 0 aromatic heterocycles. The molecule has 30 heavy (non-hydrogen) atoms.